The average Bonchev–Trinajstić information content (AvgIpc) is 3.18. The van der Waals surface area contributed by atoms with Gasteiger partial charge in [-0.2, -0.15) is 0 Å². The van der Waals surface area contributed by atoms with E-state index in [2.05, 4.69) is 46.8 Å². The van der Waals surface area contributed by atoms with E-state index in [1.165, 1.54) is 5.69 Å². The Labute approximate surface area is 224 Å². The average molecular weight is 522 g/mol. The van der Waals surface area contributed by atoms with Gasteiger partial charge in [-0.05, 0) is 88.3 Å². The number of rotatable bonds is 3. The van der Waals surface area contributed by atoms with Crippen LogP contribution < -0.4 is 0 Å². The van der Waals surface area contributed by atoms with Gasteiger partial charge in [0.05, 0.1) is 18.8 Å². The van der Waals surface area contributed by atoms with Crippen LogP contribution in [0.3, 0.4) is 0 Å². The molecular formula is C29H36ClN5O2. The van der Waals surface area contributed by atoms with Crippen LogP contribution in [-0.4, -0.2) is 36.3 Å². The van der Waals surface area contributed by atoms with Gasteiger partial charge < -0.3 is 4.74 Å². The molecule has 1 saturated carbocycles. The Hall–Kier alpha value is -2.93. The van der Waals surface area contributed by atoms with Gasteiger partial charge in [0.1, 0.15) is 11.4 Å². The maximum absolute atomic E-state index is 13.0. The van der Waals surface area contributed by atoms with E-state index in [4.69, 9.17) is 21.3 Å². The van der Waals surface area contributed by atoms with Crippen molar-refractivity contribution >= 4 is 17.7 Å². The molecule has 0 saturated heterocycles. The largest absolute Gasteiger partial charge is 0.444 e. The zero-order chi connectivity index (χ0) is 26.3. The molecule has 1 fully saturated rings. The summed E-state index contributed by atoms with van der Waals surface area (Å²) < 4.78 is 7.84. The minimum atomic E-state index is -0.582. The molecule has 5 rings (SSSR count). The number of hydrogen-bond donors (Lipinski definition) is 0. The predicted molar refractivity (Wildman–Crippen MR) is 144 cm³/mol. The lowest BCUT2D eigenvalue weighted by atomic mass is 9.79. The number of amides is 1. The lowest BCUT2D eigenvalue weighted by molar-refractivity contribution is 0.0214. The van der Waals surface area contributed by atoms with Gasteiger partial charge in [-0.15, -0.1) is 10.2 Å². The highest BCUT2D eigenvalue weighted by molar-refractivity contribution is 6.30. The summed E-state index contributed by atoms with van der Waals surface area (Å²) in [5.74, 6) is 2.90. The van der Waals surface area contributed by atoms with Crippen molar-refractivity contribution in [2.24, 2.45) is 0 Å². The zero-order valence-electron chi connectivity index (χ0n) is 22.4. The molecule has 1 amide bonds. The van der Waals surface area contributed by atoms with Crippen LogP contribution in [0, 0.1) is 0 Å². The summed E-state index contributed by atoms with van der Waals surface area (Å²) in [6.45, 7) is 10.7. The highest BCUT2D eigenvalue weighted by atomic mass is 35.5. The maximum Gasteiger partial charge on any atom is 0.411 e. The molecule has 0 spiro atoms. The van der Waals surface area contributed by atoms with Crippen LogP contribution >= 0.6 is 11.6 Å². The lowest BCUT2D eigenvalue weighted by Gasteiger charge is -2.28. The first kappa shape index (κ1) is 25.7. The van der Waals surface area contributed by atoms with Gasteiger partial charge in [0, 0.05) is 28.2 Å². The van der Waals surface area contributed by atoms with Crippen molar-refractivity contribution in [1.29, 1.82) is 0 Å². The third-order valence-electron chi connectivity index (χ3n) is 7.28. The first-order valence-electron chi connectivity index (χ1n) is 13.3. The second-order valence-corrected chi connectivity index (χ2v) is 12.0. The number of carbonyl (C=O) groups excluding carboxylic acids is 1. The lowest BCUT2D eigenvalue weighted by Crippen LogP contribution is -2.35. The smallest absolute Gasteiger partial charge is 0.411 e. The predicted octanol–water partition coefficient (Wildman–Crippen LogP) is 7.13. The van der Waals surface area contributed by atoms with E-state index in [-0.39, 0.29) is 6.09 Å². The van der Waals surface area contributed by atoms with Gasteiger partial charge in [-0.3, -0.25) is 14.5 Å². The molecular weight excluding hydrogens is 486 g/mol. The van der Waals surface area contributed by atoms with Crippen LogP contribution in [0.1, 0.15) is 107 Å². The molecule has 37 heavy (non-hydrogen) atoms. The van der Waals surface area contributed by atoms with Crippen molar-refractivity contribution in [3.05, 3.63) is 70.0 Å². The topological polar surface area (TPSA) is 73.1 Å². The van der Waals surface area contributed by atoms with Crippen LogP contribution in [0.15, 0.2) is 36.4 Å². The Morgan fingerprint density at radius 2 is 1.76 bits per heavy atom. The Bertz CT molecular complexity index is 1290. The van der Waals surface area contributed by atoms with Crippen molar-refractivity contribution in [2.45, 2.75) is 96.7 Å². The second kappa shape index (κ2) is 10.1. The van der Waals surface area contributed by atoms with Gasteiger partial charge in [0.2, 0.25) is 0 Å². The molecule has 8 heteroatoms. The number of ether oxygens (including phenoxy) is 1. The molecule has 0 radical (unpaired) electrons. The Morgan fingerprint density at radius 3 is 2.46 bits per heavy atom. The van der Waals surface area contributed by atoms with Gasteiger partial charge in [-0.25, -0.2) is 4.79 Å². The molecule has 3 heterocycles. The molecule has 0 bridgehead atoms. The number of aromatic nitrogens is 4. The van der Waals surface area contributed by atoms with E-state index >= 15 is 0 Å². The molecule has 1 aromatic carbocycles. The highest BCUT2D eigenvalue weighted by Gasteiger charge is 2.33. The second-order valence-electron chi connectivity index (χ2n) is 11.6. The minimum Gasteiger partial charge on any atom is -0.444 e. The fourth-order valence-electron chi connectivity index (χ4n) is 5.41. The SMILES string of the molecule is CC(C)c1cccc(C2CCC(c3nnc4n3-c3ccc(Cl)cc3CN(C(=O)OC(C)(C)C)C4)CC2)n1. The van der Waals surface area contributed by atoms with Gasteiger partial charge in [-0.1, -0.05) is 31.5 Å². The summed E-state index contributed by atoms with van der Waals surface area (Å²) in [7, 11) is 0. The van der Waals surface area contributed by atoms with E-state index in [9.17, 15) is 4.79 Å². The van der Waals surface area contributed by atoms with Crippen molar-refractivity contribution in [2.75, 3.05) is 0 Å². The standard InChI is InChI=1S/C29H36ClN5O2/c1-18(2)23-7-6-8-24(31-23)19-9-11-20(12-10-19)27-33-32-26-17-34(28(36)37-29(3,4)5)16-21-15-22(30)13-14-25(21)35(26)27/h6-8,13-15,18-20H,9-12,16-17H2,1-5H3. The molecule has 0 atom stereocenters. The number of benzene rings is 1. The molecule has 2 aromatic heterocycles. The quantitative estimate of drug-likeness (QED) is 0.366. The highest BCUT2D eigenvalue weighted by Crippen LogP contribution is 2.41. The summed E-state index contributed by atoms with van der Waals surface area (Å²) >= 11 is 6.38. The summed E-state index contributed by atoms with van der Waals surface area (Å²) in [6, 6.07) is 12.3. The Morgan fingerprint density at radius 1 is 1.03 bits per heavy atom. The normalized spacial score (nSPS) is 19.8. The molecule has 0 unspecified atom stereocenters. The van der Waals surface area contributed by atoms with E-state index in [0.717, 1.165) is 54.3 Å². The molecule has 0 N–H and O–H groups in total. The fourth-order valence-corrected chi connectivity index (χ4v) is 5.61. The summed E-state index contributed by atoms with van der Waals surface area (Å²) in [6.07, 6.45) is 3.82. The summed E-state index contributed by atoms with van der Waals surface area (Å²) in [4.78, 5) is 19.7. The molecule has 3 aromatic rings. The molecule has 7 nitrogen and oxygen atoms in total. The van der Waals surface area contributed by atoms with Gasteiger partial charge in [0.25, 0.3) is 0 Å². The van der Waals surface area contributed by atoms with E-state index < -0.39 is 5.60 Å². The number of halogens is 1. The summed E-state index contributed by atoms with van der Waals surface area (Å²) in [5.41, 5.74) is 3.73. The van der Waals surface area contributed by atoms with Crippen molar-refractivity contribution in [3.8, 4) is 5.69 Å². The van der Waals surface area contributed by atoms with Crippen LogP contribution in [0.4, 0.5) is 4.79 Å². The zero-order valence-corrected chi connectivity index (χ0v) is 23.1. The molecule has 2 aliphatic rings. The van der Waals surface area contributed by atoms with Crippen molar-refractivity contribution in [3.63, 3.8) is 0 Å². The Balaban J connectivity index is 1.41. The van der Waals surface area contributed by atoms with E-state index in [0.29, 0.717) is 35.9 Å². The molecule has 196 valence electrons. The van der Waals surface area contributed by atoms with Gasteiger partial charge >= 0.3 is 6.09 Å². The van der Waals surface area contributed by atoms with Crippen molar-refractivity contribution < 1.29 is 9.53 Å². The van der Waals surface area contributed by atoms with Crippen LogP contribution in [0.25, 0.3) is 5.69 Å². The minimum absolute atomic E-state index is 0.294. The Kier molecular flexibility index (Phi) is 7.01. The van der Waals surface area contributed by atoms with Crippen LogP contribution in [-0.2, 0) is 17.8 Å². The number of fused-ring (bicyclic) bond motifs is 3. The number of carbonyl (C=O) groups is 1. The van der Waals surface area contributed by atoms with Crippen LogP contribution in [0.5, 0.6) is 0 Å². The number of hydrogen-bond acceptors (Lipinski definition) is 5. The summed E-state index contributed by atoms with van der Waals surface area (Å²) in [5, 5.41) is 9.88. The fraction of sp³-hybridized carbons (Fsp3) is 0.517. The monoisotopic (exact) mass is 521 g/mol. The third kappa shape index (κ3) is 5.52. The first-order chi connectivity index (χ1) is 17.6. The molecule has 1 aliphatic heterocycles. The van der Waals surface area contributed by atoms with Crippen LogP contribution in [0.2, 0.25) is 5.02 Å². The van der Waals surface area contributed by atoms with E-state index in [1.807, 2.05) is 39.0 Å². The third-order valence-corrected chi connectivity index (χ3v) is 7.51. The first-order valence-corrected chi connectivity index (χ1v) is 13.6. The van der Waals surface area contributed by atoms with Crippen molar-refractivity contribution in [1.82, 2.24) is 24.6 Å². The number of pyridine rings is 1. The molecule has 1 aliphatic carbocycles. The number of nitrogens with zero attached hydrogens (tertiary/aromatic N) is 5. The maximum atomic E-state index is 13.0. The van der Waals surface area contributed by atoms with Gasteiger partial charge in [0.15, 0.2) is 5.82 Å². The van der Waals surface area contributed by atoms with E-state index in [1.54, 1.807) is 4.90 Å².